The van der Waals surface area contributed by atoms with E-state index in [1.54, 1.807) is 0 Å². The average molecular weight is 1360 g/mol. The molecule has 91 heavy (non-hydrogen) atoms. The van der Waals surface area contributed by atoms with Crippen LogP contribution in [0.25, 0.3) is 72.1 Å². The zero-order chi connectivity index (χ0) is 61.7. The number of para-hydroxylation sites is 3. The van der Waals surface area contributed by atoms with Gasteiger partial charge in [-0.15, -0.1) is 53.6 Å². The molecule has 13 aromatic rings. The van der Waals surface area contributed by atoms with Crippen LogP contribution in [0.15, 0.2) is 261 Å². The summed E-state index contributed by atoms with van der Waals surface area (Å²) in [5.74, 6) is 1.93. The van der Waals surface area contributed by atoms with Gasteiger partial charge in [-0.2, -0.15) is 6.07 Å². The number of rotatable bonds is 10. The molecular formula is C85H71N4OPt-3. The van der Waals surface area contributed by atoms with E-state index in [1.165, 1.54) is 44.5 Å². The zero-order valence-corrected chi connectivity index (χ0v) is 55.2. The van der Waals surface area contributed by atoms with Crippen molar-refractivity contribution < 1.29 is 25.8 Å². The Balaban J connectivity index is 0.00000721. The Morgan fingerprint density at radius 2 is 0.934 bits per heavy atom. The summed E-state index contributed by atoms with van der Waals surface area (Å²) in [6.07, 6.45) is 1.94. The van der Waals surface area contributed by atoms with Crippen molar-refractivity contribution in [3.05, 3.63) is 319 Å². The van der Waals surface area contributed by atoms with Gasteiger partial charge >= 0.3 is 0 Å². The second kappa shape index (κ2) is 22.7. The van der Waals surface area contributed by atoms with Gasteiger partial charge in [0.1, 0.15) is 5.82 Å². The number of nitrogens with zero attached hydrogens (tertiary/aromatic N) is 4. The van der Waals surface area contributed by atoms with Crippen LogP contribution in [-0.2, 0) is 42.7 Å². The van der Waals surface area contributed by atoms with Crippen molar-refractivity contribution in [2.45, 2.75) is 84.0 Å². The van der Waals surface area contributed by atoms with E-state index in [9.17, 15) is 0 Å². The third-order valence-electron chi connectivity index (χ3n) is 18.5. The molecule has 0 spiro atoms. The van der Waals surface area contributed by atoms with Crippen LogP contribution in [0.5, 0.6) is 11.5 Å². The van der Waals surface area contributed by atoms with E-state index in [4.69, 9.17) is 9.72 Å². The smallest absolute Gasteiger partial charge is 0.135 e. The summed E-state index contributed by atoms with van der Waals surface area (Å²) in [5.41, 5.74) is 22.4. The van der Waals surface area contributed by atoms with Gasteiger partial charge in [-0.05, 0) is 119 Å². The van der Waals surface area contributed by atoms with Crippen LogP contribution in [0.3, 0.4) is 0 Å². The van der Waals surface area contributed by atoms with E-state index in [2.05, 4.69) is 350 Å². The quantitative estimate of drug-likeness (QED) is 0.128. The summed E-state index contributed by atoms with van der Waals surface area (Å²) in [6, 6.07) is 101. The van der Waals surface area contributed by atoms with Crippen LogP contribution >= 0.6 is 0 Å². The van der Waals surface area contributed by atoms with Gasteiger partial charge in [-0.1, -0.05) is 262 Å². The number of ether oxygens (including phenoxy) is 1. The van der Waals surface area contributed by atoms with Crippen LogP contribution in [0, 0.1) is 18.8 Å². The standard InChI is InChI=1S/C85H71N4O.Pt/c1-82(2,3)59-40-42-60(43-41-59)85(74-36-21-19-32-68(74)69-33-20-22-37-75(69)85)63-48-64(87-55-88(77-39-24-23-38-76(77)87)80-72(57-28-15-11-16-29-57)50-62(84(7,8)9)51-73(80)58-30-17-12-18-31-58)53-66(49-63)90-65-44-45-70-71-35-25-34-67(56-26-13-10-14-27-56)81(71)89(78(70)54-65)79-52-61(46-47-86-79)83(4,5)6;/h10-52,55H,1-9H3;/q-3;. The summed E-state index contributed by atoms with van der Waals surface area (Å²) in [4.78, 5) is 9.86. The molecule has 0 unspecified atom stereocenters. The van der Waals surface area contributed by atoms with Gasteiger partial charge in [0.15, 0.2) is 0 Å². The predicted octanol–water partition coefficient (Wildman–Crippen LogP) is 22.2. The summed E-state index contributed by atoms with van der Waals surface area (Å²) in [5, 5.41) is 2.16. The van der Waals surface area contributed by atoms with Crippen molar-refractivity contribution in [1.82, 2.24) is 9.55 Å². The summed E-state index contributed by atoms with van der Waals surface area (Å²) in [6.45, 7) is 22.8. The minimum atomic E-state index is -0.786. The fourth-order valence-electron chi connectivity index (χ4n) is 13.9. The number of benzene rings is 11. The summed E-state index contributed by atoms with van der Waals surface area (Å²) >= 11 is 0. The molecule has 0 radical (unpaired) electrons. The SMILES string of the molecule is CC(C)(C)c1ccc(C2(c3cc(Oc4[c-]c5c(cc4)c4cccc(-c6ccccc6)c4n5-c4cc(C(C)(C)C)ccn4)[c-]c(N4[CH-]N(c5c(-c6ccccc6)cc(C(C)(C)C)cc5-c5ccccc5)c5ccccc54)c3)c3ccccc3-c3ccccc32)cc1.[Pt]. The Hall–Kier alpha value is -9.54. The minimum Gasteiger partial charge on any atom is -0.509 e. The maximum absolute atomic E-state index is 7.49. The molecular weight excluding hydrogens is 1290 g/mol. The Kier molecular flexibility index (Phi) is 14.8. The average Bonchev–Trinajstić information content (AvgIpc) is 1.58. The molecule has 450 valence electrons. The van der Waals surface area contributed by atoms with Crippen molar-refractivity contribution in [2.24, 2.45) is 0 Å². The molecule has 0 amide bonds. The van der Waals surface area contributed by atoms with Crippen LogP contribution in [0.4, 0.5) is 22.7 Å². The molecule has 11 aromatic carbocycles. The molecule has 6 heteroatoms. The fraction of sp³-hybridized carbons (Fsp3) is 0.153. The van der Waals surface area contributed by atoms with Crippen molar-refractivity contribution in [2.75, 3.05) is 9.80 Å². The van der Waals surface area contributed by atoms with Crippen molar-refractivity contribution in [3.63, 3.8) is 0 Å². The first-order valence-electron chi connectivity index (χ1n) is 31.4. The molecule has 1 aliphatic carbocycles. The largest absolute Gasteiger partial charge is 0.509 e. The third-order valence-corrected chi connectivity index (χ3v) is 18.5. The van der Waals surface area contributed by atoms with Crippen LogP contribution in [0.2, 0.25) is 0 Å². The van der Waals surface area contributed by atoms with Gasteiger partial charge in [0.05, 0.1) is 0 Å². The molecule has 0 saturated heterocycles. The number of pyridine rings is 1. The van der Waals surface area contributed by atoms with Crippen molar-refractivity contribution in [1.29, 1.82) is 0 Å². The number of hydrogen-bond donors (Lipinski definition) is 0. The first-order chi connectivity index (χ1) is 43.5. The van der Waals surface area contributed by atoms with Crippen LogP contribution in [-0.4, -0.2) is 9.55 Å². The predicted molar refractivity (Wildman–Crippen MR) is 374 cm³/mol. The Morgan fingerprint density at radius 3 is 1.52 bits per heavy atom. The minimum absolute atomic E-state index is 0. The maximum atomic E-state index is 7.49. The molecule has 15 rings (SSSR count). The van der Waals surface area contributed by atoms with Crippen molar-refractivity contribution >= 4 is 44.6 Å². The number of hydrogen-bond acceptors (Lipinski definition) is 4. The molecule has 5 nitrogen and oxygen atoms in total. The first-order valence-corrected chi connectivity index (χ1v) is 31.4. The monoisotopic (exact) mass is 1360 g/mol. The van der Waals surface area contributed by atoms with Gasteiger partial charge in [0.2, 0.25) is 0 Å². The van der Waals surface area contributed by atoms with Crippen molar-refractivity contribution in [3.8, 4) is 61.8 Å². The van der Waals surface area contributed by atoms with E-state index >= 15 is 0 Å². The normalized spacial score (nSPS) is 13.5. The fourth-order valence-corrected chi connectivity index (χ4v) is 13.9. The third kappa shape index (κ3) is 10.2. The number of anilines is 4. The van der Waals surface area contributed by atoms with Gasteiger partial charge in [-0.3, -0.25) is 0 Å². The van der Waals surface area contributed by atoms with Gasteiger partial charge in [0, 0.05) is 83.4 Å². The van der Waals surface area contributed by atoms with E-state index in [-0.39, 0.29) is 37.3 Å². The van der Waals surface area contributed by atoms with Gasteiger partial charge < -0.3 is 19.1 Å². The van der Waals surface area contributed by atoms with E-state index in [1.807, 2.05) is 6.20 Å². The van der Waals surface area contributed by atoms with Crippen LogP contribution < -0.4 is 14.5 Å². The van der Waals surface area contributed by atoms with E-state index in [0.717, 1.165) is 89.3 Å². The Labute approximate surface area is 550 Å². The number of fused-ring (bicyclic) bond motifs is 7. The second-order valence-corrected chi connectivity index (χ2v) is 27.3. The second-order valence-electron chi connectivity index (χ2n) is 27.3. The van der Waals surface area contributed by atoms with Gasteiger partial charge in [-0.25, -0.2) is 4.98 Å². The number of aromatic nitrogens is 2. The van der Waals surface area contributed by atoms with Gasteiger partial charge in [0.25, 0.3) is 0 Å². The summed E-state index contributed by atoms with van der Waals surface area (Å²) < 4.78 is 9.77. The molecule has 0 fully saturated rings. The Bertz CT molecular complexity index is 4790. The molecule has 0 bridgehead atoms. The van der Waals surface area contributed by atoms with E-state index < -0.39 is 5.41 Å². The Morgan fingerprint density at radius 1 is 0.407 bits per heavy atom. The zero-order valence-electron chi connectivity index (χ0n) is 52.9. The molecule has 2 aliphatic rings. The van der Waals surface area contributed by atoms with E-state index in [0.29, 0.717) is 11.5 Å². The molecule has 1 aliphatic heterocycles. The molecule has 0 saturated carbocycles. The topological polar surface area (TPSA) is 33.5 Å². The molecule has 3 heterocycles. The maximum Gasteiger partial charge on any atom is 0.135 e. The first kappa shape index (κ1) is 59.1. The molecule has 2 aromatic heterocycles. The molecule has 0 N–H and O–H groups in total. The van der Waals surface area contributed by atoms with Crippen LogP contribution in [0.1, 0.15) is 101 Å². The molecule has 0 atom stereocenters. The summed E-state index contributed by atoms with van der Waals surface area (Å²) in [7, 11) is 0.